The van der Waals surface area contributed by atoms with E-state index in [1.165, 1.54) is 17.4 Å². The maximum absolute atomic E-state index is 11.2. The van der Waals surface area contributed by atoms with Gasteiger partial charge in [-0.05, 0) is 63.7 Å². The highest BCUT2D eigenvalue weighted by atomic mass is 32.2. The summed E-state index contributed by atoms with van der Waals surface area (Å²) in [6.45, 7) is 13.7. The molecule has 3 aliphatic rings. The van der Waals surface area contributed by atoms with Crippen molar-refractivity contribution in [3.63, 3.8) is 0 Å². The topological polar surface area (TPSA) is 47.9 Å². The highest BCUT2D eigenvalue weighted by Crippen LogP contribution is 2.69. The molecule has 1 N–H and O–H groups in total. The molecule has 0 spiro atoms. The first kappa shape index (κ1) is 21.2. The molecule has 1 aliphatic heterocycles. The van der Waals surface area contributed by atoms with Crippen LogP contribution in [0.1, 0.15) is 53.4 Å². The molecule has 6 unspecified atom stereocenters. The van der Waals surface area contributed by atoms with Gasteiger partial charge in [-0.15, -0.1) is 11.8 Å². The molecule has 154 valence electrons. The van der Waals surface area contributed by atoms with Crippen molar-refractivity contribution in [2.24, 2.45) is 16.7 Å². The Bertz CT molecular complexity index is 603. The fourth-order valence-electron chi connectivity index (χ4n) is 6.65. The minimum atomic E-state index is -0.474. The zero-order valence-electron chi connectivity index (χ0n) is 17.5. The van der Waals surface area contributed by atoms with Gasteiger partial charge >= 0.3 is 0 Å². The van der Waals surface area contributed by atoms with E-state index in [4.69, 9.17) is 14.2 Å². The number of allylic oxidation sites excluding steroid dienone is 1. The molecule has 0 aromatic rings. The summed E-state index contributed by atoms with van der Waals surface area (Å²) in [4.78, 5) is 0. The number of hydrogen-bond donors (Lipinski definition) is 1. The number of fused-ring (bicyclic) bond motifs is 3. The Morgan fingerprint density at radius 1 is 1.41 bits per heavy atom. The Hall–Kier alpha value is -0.490. The molecule has 0 radical (unpaired) electrons. The number of rotatable bonds is 7. The summed E-state index contributed by atoms with van der Waals surface area (Å²) >= 11 is 1.69. The SMILES string of the molecule is C=COCC1=C(C)CCC2(C)C1COC1(C)C(OCSC)CCC21C(C)O. The molecule has 0 amide bonds. The average molecular weight is 397 g/mol. The van der Waals surface area contributed by atoms with E-state index in [0.29, 0.717) is 19.2 Å². The van der Waals surface area contributed by atoms with Crippen molar-refractivity contribution in [2.75, 3.05) is 25.4 Å². The Kier molecular flexibility index (Phi) is 6.08. The van der Waals surface area contributed by atoms with Crippen molar-refractivity contribution in [2.45, 2.75) is 71.2 Å². The Labute approximate surface area is 168 Å². The van der Waals surface area contributed by atoms with E-state index >= 15 is 0 Å². The van der Waals surface area contributed by atoms with Gasteiger partial charge in [-0.1, -0.05) is 19.1 Å². The van der Waals surface area contributed by atoms with Gasteiger partial charge in [-0.25, -0.2) is 0 Å². The molecule has 6 atom stereocenters. The zero-order valence-corrected chi connectivity index (χ0v) is 18.4. The molecule has 5 heteroatoms. The average Bonchev–Trinajstić information content (AvgIpc) is 2.94. The maximum atomic E-state index is 11.2. The molecule has 0 aromatic heterocycles. The van der Waals surface area contributed by atoms with Crippen molar-refractivity contribution in [1.82, 2.24) is 0 Å². The maximum Gasteiger partial charge on any atom is 0.109 e. The lowest BCUT2D eigenvalue weighted by Gasteiger charge is -2.65. The molecule has 27 heavy (non-hydrogen) atoms. The Morgan fingerprint density at radius 3 is 2.78 bits per heavy atom. The van der Waals surface area contributed by atoms with Gasteiger partial charge in [0.2, 0.25) is 0 Å². The minimum Gasteiger partial charge on any atom is -0.497 e. The van der Waals surface area contributed by atoms with Crippen LogP contribution in [0.15, 0.2) is 24.0 Å². The van der Waals surface area contributed by atoms with Gasteiger partial charge in [0.15, 0.2) is 0 Å². The third-order valence-corrected chi connectivity index (χ3v) is 8.46. The number of hydrogen-bond acceptors (Lipinski definition) is 5. The van der Waals surface area contributed by atoms with Crippen LogP contribution in [-0.4, -0.2) is 48.3 Å². The van der Waals surface area contributed by atoms with Crippen LogP contribution < -0.4 is 0 Å². The molecular weight excluding hydrogens is 360 g/mol. The summed E-state index contributed by atoms with van der Waals surface area (Å²) in [6, 6.07) is 0. The van der Waals surface area contributed by atoms with E-state index in [9.17, 15) is 5.11 Å². The van der Waals surface area contributed by atoms with Crippen molar-refractivity contribution in [3.05, 3.63) is 24.0 Å². The van der Waals surface area contributed by atoms with Gasteiger partial charge in [-0.2, -0.15) is 0 Å². The summed E-state index contributed by atoms with van der Waals surface area (Å²) in [6.07, 6.45) is 7.12. The van der Waals surface area contributed by atoms with Gasteiger partial charge in [0.25, 0.3) is 0 Å². The standard InChI is InChI=1S/C22H36O4S/c1-7-24-12-17-15(2)8-10-20(4)18(17)13-26-21(5)19(25-14-27-6)9-11-22(20,21)16(3)23/h7,16,18-19,23H,1,8-14H2,2-6H3. The molecule has 4 nitrogen and oxygen atoms in total. The largest absolute Gasteiger partial charge is 0.497 e. The van der Waals surface area contributed by atoms with E-state index in [1.54, 1.807) is 11.8 Å². The van der Waals surface area contributed by atoms with E-state index in [2.05, 4.69) is 33.6 Å². The van der Waals surface area contributed by atoms with E-state index in [-0.39, 0.29) is 22.9 Å². The highest BCUT2D eigenvalue weighted by Gasteiger charge is 2.73. The smallest absolute Gasteiger partial charge is 0.109 e. The molecule has 3 rings (SSSR count). The van der Waals surface area contributed by atoms with Crippen molar-refractivity contribution in [1.29, 1.82) is 0 Å². The minimum absolute atomic E-state index is 0.0252. The van der Waals surface area contributed by atoms with Crippen LogP contribution in [0, 0.1) is 16.7 Å². The monoisotopic (exact) mass is 396 g/mol. The van der Waals surface area contributed by atoms with E-state index in [0.717, 1.165) is 25.7 Å². The van der Waals surface area contributed by atoms with Gasteiger partial charge in [-0.3, -0.25) is 0 Å². The first-order chi connectivity index (χ1) is 12.8. The third-order valence-electron chi connectivity index (χ3n) is 8.08. The summed E-state index contributed by atoms with van der Waals surface area (Å²) in [7, 11) is 0. The van der Waals surface area contributed by atoms with Crippen LogP contribution in [0.4, 0.5) is 0 Å². The predicted molar refractivity (Wildman–Crippen MR) is 111 cm³/mol. The second kappa shape index (κ2) is 7.74. The van der Waals surface area contributed by atoms with Crippen LogP contribution in [-0.2, 0) is 14.2 Å². The third kappa shape index (κ3) is 2.92. The van der Waals surface area contributed by atoms with Crippen LogP contribution >= 0.6 is 11.8 Å². The molecule has 2 aliphatic carbocycles. The number of ether oxygens (including phenoxy) is 3. The highest BCUT2D eigenvalue weighted by molar-refractivity contribution is 7.98. The van der Waals surface area contributed by atoms with E-state index in [1.807, 2.05) is 6.92 Å². The Morgan fingerprint density at radius 2 is 2.15 bits per heavy atom. The van der Waals surface area contributed by atoms with Gasteiger partial charge in [0, 0.05) is 11.3 Å². The van der Waals surface area contributed by atoms with Crippen LogP contribution in [0.5, 0.6) is 0 Å². The molecule has 0 bridgehead atoms. The first-order valence-corrected chi connectivity index (χ1v) is 11.5. The molecular formula is C22H36O4S. The summed E-state index contributed by atoms with van der Waals surface area (Å²) in [5.74, 6) is 0.921. The second-order valence-corrected chi connectivity index (χ2v) is 9.73. The Balaban J connectivity index is 2.04. The molecule has 1 heterocycles. The summed E-state index contributed by atoms with van der Waals surface area (Å²) in [5.41, 5.74) is 1.88. The quantitative estimate of drug-likeness (QED) is 0.389. The normalized spacial score (nSPS) is 42.4. The second-order valence-electron chi connectivity index (χ2n) is 8.92. The number of aliphatic hydroxyl groups is 1. The summed E-state index contributed by atoms with van der Waals surface area (Å²) in [5, 5.41) is 11.2. The van der Waals surface area contributed by atoms with E-state index < -0.39 is 11.7 Å². The zero-order chi connectivity index (χ0) is 19.9. The fraction of sp³-hybridized carbons (Fsp3) is 0.818. The lowest BCUT2D eigenvalue weighted by Crippen LogP contribution is -2.69. The number of thioether (sulfide) groups is 1. The molecule has 1 saturated heterocycles. The summed E-state index contributed by atoms with van der Waals surface area (Å²) < 4.78 is 18.5. The van der Waals surface area contributed by atoms with Crippen LogP contribution in [0.25, 0.3) is 0 Å². The van der Waals surface area contributed by atoms with Crippen LogP contribution in [0.3, 0.4) is 0 Å². The van der Waals surface area contributed by atoms with Crippen molar-refractivity contribution >= 4 is 11.8 Å². The first-order valence-electron chi connectivity index (χ1n) is 10.1. The van der Waals surface area contributed by atoms with Gasteiger partial charge in [0.05, 0.1) is 31.0 Å². The van der Waals surface area contributed by atoms with Crippen LogP contribution in [0.2, 0.25) is 0 Å². The molecule has 1 saturated carbocycles. The fourth-order valence-corrected chi connectivity index (χ4v) is 6.95. The van der Waals surface area contributed by atoms with Crippen molar-refractivity contribution in [3.8, 4) is 0 Å². The molecule has 2 fully saturated rings. The molecule has 0 aromatic carbocycles. The van der Waals surface area contributed by atoms with Crippen molar-refractivity contribution < 1.29 is 19.3 Å². The lowest BCUT2D eigenvalue weighted by atomic mass is 9.45. The van der Waals surface area contributed by atoms with Gasteiger partial charge < -0.3 is 19.3 Å². The number of aliphatic hydroxyl groups excluding tert-OH is 1. The lowest BCUT2D eigenvalue weighted by molar-refractivity contribution is -0.286. The predicted octanol–water partition coefficient (Wildman–Crippen LogP) is 4.53. The van der Waals surface area contributed by atoms with Gasteiger partial charge in [0.1, 0.15) is 12.2 Å².